The number of amides is 1. The average Bonchev–Trinajstić information content (AvgIpc) is 2.86. The van der Waals surface area contributed by atoms with Gasteiger partial charge in [-0.15, -0.1) is 0 Å². The highest BCUT2D eigenvalue weighted by Gasteiger charge is 2.14. The Balaban J connectivity index is 1.89. The highest BCUT2D eigenvalue weighted by Crippen LogP contribution is 2.22. The molecule has 1 aromatic heterocycles. The number of carbonyl (C=O) groups excluding carboxylic acids is 1. The van der Waals surface area contributed by atoms with Crippen LogP contribution in [0.1, 0.15) is 10.6 Å². The summed E-state index contributed by atoms with van der Waals surface area (Å²) in [5.74, 6) is -0.847. The van der Waals surface area contributed by atoms with Crippen molar-refractivity contribution >= 4 is 38.5 Å². The van der Waals surface area contributed by atoms with Gasteiger partial charge in [0.25, 0.3) is 5.91 Å². The predicted octanol–water partition coefficient (Wildman–Crippen LogP) is 4.59. The minimum absolute atomic E-state index is 0.110. The van der Waals surface area contributed by atoms with Crippen molar-refractivity contribution in [1.82, 2.24) is 0 Å². The number of rotatable bonds is 2. The highest BCUT2D eigenvalue weighted by atomic mass is 79.9. The van der Waals surface area contributed by atoms with Crippen LogP contribution in [0.2, 0.25) is 0 Å². The molecule has 3 aromatic rings. The van der Waals surface area contributed by atoms with Crippen LogP contribution in [0.15, 0.2) is 57.4 Å². The number of halogens is 2. The van der Waals surface area contributed by atoms with Gasteiger partial charge in [0.05, 0.1) is 5.69 Å². The maximum absolute atomic E-state index is 13.7. The molecule has 0 aliphatic heterocycles. The first kappa shape index (κ1) is 12.9. The van der Waals surface area contributed by atoms with Gasteiger partial charge in [0.1, 0.15) is 11.4 Å². The first-order valence-corrected chi connectivity index (χ1v) is 6.68. The Morgan fingerprint density at radius 3 is 2.70 bits per heavy atom. The Morgan fingerprint density at radius 1 is 1.15 bits per heavy atom. The zero-order valence-electron chi connectivity index (χ0n) is 10.2. The number of hydrogen-bond donors (Lipinski definition) is 1. The van der Waals surface area contributed by atoms with Gasteiger partial charge in [-0.1, -0.05) is 34.1 Å². The molecule has 1 amide bonds. The lowest BCUT2D eigenvalue weighted by Crippen LogP contribution is -2.11. The van der Waals surface area contributed by atoms with E-state index >= 15 is 0 Å². The second kappa shape index (κ2) is 5.09. The molecule has 0 unspecified atom stereocenters. The molecule has 1 N–H and O–H groups in total. The summed E-state index contributed by atoms with van der Waals surface area (Å²) in [6, 6.07) is 13.3. The number of nitrogens with one attached hydrogen (secondary N) is 1. The van der Waals surface area contributed by atoms with E-state index in [4.69, 9.17) is 4.42 Å². The molecule has 2 aromatic carbocycles. The van der Waals surface area contributed by atoms with E-state index in [-0.39, 0.29) is 11.4 Å². The fourth-order valence-electron chi connectivity index (χ4n) is 1.87. The minimum atomic E-state index is -0.510. The molecular formula is C15H9BrFNO2. The summed E-state index contributed by atoms with van der Waals surface area (Å²) in [7, 11) is 0. The Bertz CT molecular complexity index is 764. The van der Waals surface area contributed by atoms with E-state index in [1.807, 2.05) is 18.2 Å². The van der Waals surface area contributed by atoms with Gasteiger partial charge in [0.15, 0.2) is 5.76 Å². The van der Waals surface area contributed by atoms with Crippen LogP contribution in [-0.4, -0.2) is 5.91 Å². The second-order valence-corrected chi connectivity index (χ2v) is 5.14. The third kappa shape index (κ3) is 2.44. The monoisotopic (exact) mass is 333 g/mol. The van der Waals surface area contributed by atoms with Gasteiger partial charge in [-0.3, -0.25) is 4.79 Å². The topological polar surface area (TPSA) is 42.2 Å². The molecule has 0 atom stereocenters. The van der Waals surface area contributed by atoms with Gasteiger partial charge in [-0.05, 0) is 30.3 Å². The molecule has 0 aliphatic rings. The fraction of sp³-hybridized carbons (Fsp3) is 0. The highest BCUT2D eigenvalue weighted by molar-refractivity contribution is 9.10. The first-order chi connectivity index (χ1) is 9.63. The van der Waals surface area contributed by atoms with Crippen LogP contribution in [0, 0.1) is 5.82 Å². The van der Waals surface area contributed by atoms with Crippen molar-refractivity contribution in [2.45, 2.75) is 0 Å². The van der Waals surface area contributed by atoms with E-state index in [0.29, 0.717) is 10.1 Å². The normalized spacial score (nSPS) is 10.7. The number of anilines is 1. The van der Waals surface area contributed by atoms with Gasteiger partial charge >= 0.3 is 0 Å². The molecular weight excluding hydrogens is 325 g/mol. The Kier molecular flexibility index (Phi) is 3.28. The first-order valence-electron chi connectivity index (χ1n) is 5.88. The fourth-order valence-corrected chi connectivity index (χ4v) is 2.20. The van der Waals surface area contributed by atoms with Gasteiger partial charge in [0.2, 0.25) is 0 Å². The lowest BCUT2D eigenvalue weighted by Gasteiger charge is -2.04. The molecule has 0 bridgehead atoms. The smallest absolute Gasteiger partial charge is 0.291 e. The molecule has 0 radical (unpaired) electrons. The van der Waals surface area contributed by atoms with Crippen LogP contribution in [0.3, 0.4) is 0 Å². The van der Waals surface area contributed by atoms with E-state index < -0.39 is 11.7 Å². The molecule has 0 aliphatic carbocycles. The largest absolute Gasteiger partial charge is 0.451 e. The van der Waals surface area contributed by atoms with Crippen LogP contribution in [-0.2, 0) is 0 Å². The maximum atomic E-state index is 13.7. The second-order valence-electron chi connectivity index (χ2n) is 4.23. The summed E-state index contributed by atoms with van der Waals surface area (Å²) in [6.45, 7) is 0. The number of furan rings is 1. The number of carbonyl (C=O) groups is 1. The van der Waals surface area contributed by atoms with E-state index in [2.05, 4.69) is 21.2 Å². The van der Waals surface area contributed by atoms with Crippen molar-refractivity contribution in [2.75, 3.05) is 5.32 Å². The van der Waals surface area contributed by atoms with Gasteiger partial charge in [-0.2, -0.15) is 0 Å². The van der Waals surface area contributed by atoms with Crippen molar-refractivity contribution in [2.24, 2.45) is 0 Å². The van der Waals surface area contributed by atoms with E-state index in [0.717, 1.165) is 5.39 Å². The molecule has 0 saturated carbocycles. The number of para-hydroxylation sites is 1. The zero-order valence-corrected chi connectivity index (χ0v) is 11.8. The van der Waals surface area contributed by atoms with E-state index in [9.17, 15) is 9.18 Å². The molecule has 0 fully saturated rings. The quantitative estimate of drug-likeness (QED) is 0.745. The standard InChI is InChI=1S/C15H9BrFNO2/c16-10-5-6-12(11(17)8-10)18-15(19)14-7-9-3-1-2-4-13(9)20-14/h1-8H,(H,18,19). The molecule has 0 saturated heterocycles. The van der Waals surface area contributed by atoms with Crippen LogP contribution < -0.4 is 5.32 Å². The molecule has 5 heteroatoms. The molecule has 0 spiro atoms. The lowest BCUT2D eigenvalue weighted by atomic mass is 10.2. The molecule has 3 rings (SSSR count). The predicted molar refractivity (Wildman–Crippen MR) is 78.3 cm³/mol. The van der Waals surface area contributed by atoms with Crippen molar-refractivity contribution in [3.8, 4) is 0 Å². The van der Waals surface area contributed by atoms with Crippen LogP contribution in [0.4, 0.5) is 10.1 Å². The summed E-state index contributed by atoms with van der Waals surface area (Å²) in [5.41, 5.74) is 0.729. The van der Waals surface area contributed by atoms with Crippen molar-refractivity contribution in [3.05, 3.63) is 64.6 Å². The lowest BCUT2D eigenvalue weighted by molar-refractivity contribution is 0.0998. The van der Waals surface area contributed by atoms with Crippen molar-refractivity contribution in [1.29, 1.82) is 0 Å². The average molecular weight is 334 g/mol. The maximum Gasteiger partial charge on any atom is 0.291 e. The zero-order chi connectivity index (χ0) is 14.1. The van der Waals surface area contributed by atoms with Crippen LogP contribution in [0.5, 0.6) is 0 Å². The van der Waals surface area contributed by atoms with Gasteiger partial charge < -0.3 is 9.73 Å². The Hall–Kier alpha value is -2.14. The number of hydrogen-bond acceptors (Lipinski definition) is 2. The van der Waals surface area contributed by atoms with Gasteiger partial charge in [0, 0.05) is 9.86 Å². The van der Waals surface area contributed by atoms with E-state index in [1.54, 1.807) is 18.2 Å². The molecule has 1 heterocycles. The summed E-state index contributed by atoms with van der Waals surface area (Å²) in [5, 5.41) is 3.31. The van der Waals surface area contributed by atoms with E-state index in [1.165, 1.54) is 12.1 Å². The molecule has 3 nitrogen and oxygen atoms in total. The number of fused-ring (bicyclic) bond motifs is 1. The summed E-state index contributed by atoms with van der Waals surface area (Å²) in [4.78, 5) is 12.0. The van der Waals surface area contributed by atoms with Crippen LogP contribution >= 0.6 is 15.9 Å². The van der Waals surface area contributed by atoms with Crippen LogP contribution in [0.25, 0.3) is 11.0 Å². The molecule has 100 valence electrons. The summed E-state index contributed by atoms with van der Waals surface area (Å²) in [6.07, 6.45) is 0. The Labute approximate surface area is 122 Å². The minimum Gasteiger partial charge on any atom is -0.451 e. The summed E-state index contributed by atoms with van der Waals surface area (Å²) >= 11 is 3.16. The van der Waals surface area contributed by atoms with Gasteiger partial charge in [-0.25, -0.2) is 4.39 Å². The van der Waals surface area contributed by atoms with Crippen molar-refractivity contribution < 1.29 is 13.6 Å². The third-order valence-electron chi connectivity index (χ3n) is 2.83. The Morgan fingerprint density at radius 2 is 1.95 bits per heavy atom. The number of benzene rings is 2. The SMILES string of the molecule is O=C(Nc1ccc(Br)cc1F)c1cc2ccccc2o1. The summed E-state index contributed by atoms with van der Waals surface area (Å²) < 4.78 is 19.7. The van der Waals surface area contributed by atoms with Crippen molar-refractivity contribution in [3.63, 3.8) is 0 Å². The third-order valence-corrected chi connectivity index (χ3v) is 3.32. The molecule has 20 heavy (non-hydrogen) atoms.